The molecule has 4 nitrogen and oxygen atoms in total. The number of hydrogen-bond donors (Lipinski definition) is 1. The van der Waals surface area contributed by atoms with Gasteiger partial charge in [0.05, 0.1) is 16.7 Å². The highest BCUT2D eigenvalue weighted by atomic mass is 79.9. The molecule has 0 atom stereocenters. The Morgan fingerprint density at radius 2 is 1.92 bits per heavy atom. The smallest absolute Gasteiger partial charge is 0.144 e. The monoisotopic (exact) mass is 391 g/mol. The topological polar surface area (TPSA) is 47.0 Å². The van der Waals surface area contributed by atoms with Crippen molar-refractivity contribution < 1.29 is 4.74 Å². The number of anilines is 1. The third-order valence-electron chi connectivity index (χ3n) is 3.59. The van der Waals surface area contributed by atoms with Crippen molar-refractivity contribution in [3.05, 3.63) is 45.8 Å². The second kappa shape index (κ2) is 7.97. The molecule has 1 heterocycles. The van der Waals surface area contributed by atoms with E-state index in [1.807, 2.05) is 6.92 Å². The molecule has 130 valence electrons. The Kier molecular flexibility index (Phi) is 6.21. The van der Waals surface area contributed by atoms with Gasteiger partial charge in [-0.1, -0.05) is 32.9 Å². The lowest BCUT2D eigenvalue weighted by Crippen LogP contribution is -2.14. The lowest BCUT2D eigenvalue weighted by Gasteiger charge is -2.19. The SMILES string of the molecule is Cc1cc(CC(C)(C)C)ccc1OCCNc1ncnc(C)c1Br. The maximum atomic E-state index is 5.89. The number of benzene rings is 1. The highest BCUT2D eigenvalue weighted by Crippen LogP contribution is 2.25. The highest BCUT2D eigenvalue weighted by Gasteiger charge is 2.12. The summed E-state index contributed by atoms with van der Waals surface area (Å²) in [5.74, 6) is 1.73. The first kappa shape index (κ1) is 18.7. The molecule has 0 saturated carbocycles. The first-order valence-electron chi connectivity index (χ1n) is 8.19. The molecule has 0 fully saturated rings. The van der Waals surface area contributed by atoms with Gasteiger partial charge in [-0.25, -0.2) is 9.97 Å². The van der Waals surface area contributed by atoms with Crippen LogP contribution in [0.25, 0.3) is 0 Å². The van der Waals surface area contributed by atoms with E-state index >= 15 is 0 Å². The van der Waals surface area contributed by atoms with Gasteiger partial charge < -0.3 is 10.1 Å². The van der Waals surface area contributed by atoms with Crippen LogP contribution >= 0.6 is 15.9 Å². The second-order valence-corrected chi connectivity index (χ2v) is 8.03. The minimum Gasteiger partial charge on any atom is -0.491 e. The van der Waals surface area contributed by atoms with E-state index < -0.39 is 0 Å². The summed E-state index contributed by atoms with van der Waals surface area (Å²) in [7, 11) is 0. The Morgan fingerprint density at radius 3 is 2.58 bits per heavy atom. The van der Waals surface area contributed by atoms with E-state index in [0.29, 0.717) is 18.6 Å². The highest BCUT2D eigenvalue weighted by molar-refractivity contribution is 9.10. The van der Waals surface area contributed by atoms with Crippen LogP contribution in [0.1, 0.15) is 37.6 Å². The summed E-state index contributed by atoms with van der Waals surface area (Å²) < 4.78 is 6.79. The minimum atomic E-state index is 0.293. The predicted octanol–water partition coefficient (Wildman–Crippen LogP) is 4.94. The van der Waals surface area contributed by atoms with Crippen LogP contribution < -0.4 is 10.1 Å². The quantitative estimate of drug-likeness (QED) is 0.708. The summed E-state index contributed by atoms with van der Waals surface area (Å²) in [4.78, 5) is 8.35. The van der Waals surface area contributed by atoms with Crippen molar-refractivity contribution in [1.82, 2.24) is 9.97 Å². The Hall–Kier alpha value is -1.62. The van der Waals surface area contributed by atoms with E-state index in [-0.39, 0.29) is 0 Å². The van der Waals surface area contributed by atoms with Crippen LogP contribution in [-0.2, 0) is 6.42 Å². The van der Waals surface area contributed by atoms with Gasteiger partial charge in [-0.05, 0) is 58.8 Å². The largest absolute Gasteiger partial charge is 0.491 e. The van der Waals surface area contributed by atoms with Gasteiger partial charge in [0, 0.05) is 0 Å². The molecular formula is C19H26BrN3O. The molecule has 2 aromatic rings. The normalized spacial score (nSPS) is 11.4. The molecule has 24 heavy (non-hydrogen) atoms. The number of nitrogens with zero attached hydrogens (tertiary/aromatic N) is 2. The number of halogens is 1. The molecule has 0 amide bonds. The summed E-state index contributed by atoms with van der Waals surface area (Å²) >= 11 is 3.49. The molecule has 2 rings (SSSR count). The maximum Gasteiger partial charge on any atom is 0.144 e. The lowest BCUT2D eigenvalue weighted by atomic mass is 9.88. The maximum absolute atomic E-state index is 5.89. The van der Waals surface area contributed by atoms with E-state index in [0.717, 1.165) is 28.2 Å². The molecular weight excluding hydrogens is 366 g/mol. The fraction of sp³-hybridized carbons (Fsp3) is 0.474. The Balaban J connectivity index is 1.87. The van der Waals surface area contributed by atoms with E-state index in [1.165, 1.54) is 11.1 Å². The van der Waals surface area contributed by atoms with Gasteiger partial charge in [0.1, 0.15) is 24.5 Å². The summed E-state index contributed by atoms with van der Waals surface area (Å²) in [5, 5.41) is 3.26. The van der Waals surface area contributed by atoms with Gasteiger partial charge in [0.25, 0.3) is 0 Å². The zero-order valence-corrected chi connectivity index (χ0v) is 16.7. The number of ether oxygens (including phenoxy) is 1. The minimum absolute atomic E-state index is 0.293. The number of aromatic nitrogens is 2. The zero-order chi connectivity index (χ0) is 17.7. The van der Waals surface area contributed by atoms with Crippen LogP contribution in [-0.4, -0.2) is 23.1 Å². The summed E-state index contributed by atoms with van der Waals surface area (Å²) in [5.41, 5.74) is 3.74. The first-order chi connectivity index (χ1) is 11.3. The number of aryl methyl sites for hydroxylation is 2. The fourth-order valence-corrected chi connectivity index (χ4v) is 2.85. The molecule has 0 radical (unpaired) electrons. The first-order valence-corrected chi connectivity index (χ1v) is 8.99. The van der Waals surface area contributed by atoms with E-state index in [4.69, 9.17) is 4.74 Å². The van der Waals surface area contributed by atoms with Crippen LogP contribution in [0.5, 0.6) is 5.75 Å². The molecule has 5 heteroatoms. The van der Waals surface area contributed by atoms with Gasteiger partial charge in [-0.15, -0.1) is 0 Å². The molecule has 1 aromatic heterocycles. The van der Waals surface area contributed by atoms with Crippen molar-refractivity contribution in [3.63, 3.8) is 0 Å². The van der Waals surface area contributed by atoms with Gasteiger partial charge in [0.2, 0.25) is 0 Å². The molecule has 0 unspecified atom stereocenters. The second-order valence-electron chi connectivity index (χ2n) is 7.23. The van der Waals surface area contributed by atoms with Crippen LogP contribution in [0.4, 0.5) is 5.82 Å². The number of nitrogens with one attached hydrogen (secondary N) is 1. The van der Waals surface area contributed by atoms with Gasteiger partial charge >= 0.3 is 0 Å². The fourth-order valence-electron chi connectivity index (χ4n) is 2.51. The van der Waals surface area contributed by atoms with E-state index in [9.17, 15) is 0 Å². The zero-order valence-electron chi connectivity index (χ0n) is 15.1. The van der Waals surface area contributed by atoms with Gasteiger partial charge in [-0.3, -0.25) is 0 Å². The number of rotatable bonds is 6. The molecule has 0 spiro atoms. The molecule has 0 aliphatic carbocycles. The van der Waals surface area contributed by atoms with Crippen molar-refractivity contribution in [3.8, 4) is 5.75 Å². The van der Waals surface area contributed by atoms with E-state index in [2.05, 4.69) is 77.1 Å². The molecule has 0 bridgehead atoms. The van der Waals surface area contributed by atoms with Crippen molar-refractivity contribution >= 4 is 21.7 Å². The molecule has 0 saturated heterocycles. The van der Waals surface area contributed by atoms with Crippen LogP contribution in [0.2, 0.25) is 0 Å². The Bertz CT molecular complexity index is 695. The lowest BCUT2D eigenvalue weighted by molar-refractivity contribution is 0.330. The Morgan fingerprint density at radius 1 is 1.17 bits per heavy atom. The van der Waals surface area contributed by atoms with E-state index in [1.54, 1.807) is 6.33 Å². The van der Waals surface area contributed by atoms with Crippen molar-refractivity contribution in [2.24, 2.45) is 5.41 Å². The molecule has 0 aliphatic heterocycles. The third kappa shape index (κ3) is 5.48. The summed E-state index contributed by atoms with van der Waals surface area (Å²) in [6.45, 7) is 12.1. The molecule has 1 aromatic carbocycles. The van der Waals surface area contributed by atoms with Crippen molar-refractivity contribution in [1.29, 1.82) is 0 Å². The van der Waals surface area contributed by atoms with Crippen LogP contribution in [0.15, 0.2) is 29.0 Å². The Labute approximate surface area is 153 Å². The standard InChI is InChI=1S/C19H26BrN3O/c1-13-10-15(11-19(3,4)5)6-7-16(13)24-9-8-21-18-17(20)14(2)22-12-23-18/h6-7,10,12H,8-9,11H2,1-5H3,(H,21,22,23). The third-order valence-corrected chi connectivity index (χ3v) is 4.54. The van der Waals surface area contributed by atoms with Crippen molar-refractivity contribution in [2.75, 3.05) is 18.5 Å². The molecule has 1 N–H and O–H groups in total. The van der Waals surface area contributed by atoms with Gasteiger partial charge in [0.15, 0.2) is 0 Å². The van der Waals surface area contributed by atoms with Crippen LogP contribution in [0.3, 0.4) is 0 Å². The van der Waals surface area contributed by atoms with Crippen molar-refractivity contribution in [2.45, 2.75) is 41.0 Å². The predicted molar refractivity (Wildman–Crippen MR) is 103 cm³/mol. The average molecular weight is 392 g/mol. The molecule has 0 aliphatic rings. The average Bonchev–Trinajstić information content (AvgIpc) is 2.48. The summed E-state index contributed by atoms with van der Waals surface area (Å²) in [6, 6.07) is 6.45. The summed E-state index contributed by atoms with van der Waals surface area (Å²) in [6.07, 6.45) is 2.62. The van der Waals surface area contributed by atoms with Gasteiger partial charge in [-0.2, -0.15) is 0 Å². The number of hydrogen-bond acceptors (Lipinski definition) is 4. The van der Waals surface area contributed by atoms with Crippen LogP contribution in [0, 0.1) is 19.3 Å².